The Balaban J connectivity index is 0.00000121. The summed E-state index contributed by atoms with van der Waals surface area (Å²) in [4.78, 5) is 25.7. The SMILES string of the molecule is O.O.O=C(O)c1cn(C2CC2)c2cc(N3CCNCC3)c(F)cc2c1=O. The molecule has 1 aliphatic carbocycles. The lowest BCUT2D eigenvalue weighted by molar-refractivity contribution is 0.0695. The van der Waals surface area contributed by atoms with Crippen LogP contribution in [0.4, 0.5) is 10.1 Å². The summed E-state index contributed by atoms with van der Waals surface area (Å²) in [7, 11) is 0. The zero-order chi connectivity index (χ0) is 16.8. The van der Waals surface area contributed by atoms with Crippen LogP contribution in [0.15, 0.2) is 23.1 Å². The van der Waals surface area contributed by atoms with Gasteiger partial charge in [0.15, 0.2) is 0 Å². The second kappa shape index (κ2) is 7.40. The molecule has 9 heteroatoms. The number of carbonyl (C=O) groups is 1. The summed E-state index contributed by atoms with van der Waals surface area (Å²) in [6, 6.07) is 3.08. The highest BCUT2D eigenvalue weighted by molar-refractivity contribution is 5.93. The lowest BCUT2D eigenvalue weighted by Crippen LogP contribution is -2.43. The minimum absolute atomic E-state index is 0. The molecule has 1 aromatic heterocycles. The van der Waals surface area contributed by atoms with Gasteiger partial charge in [0.1, 0.15) is 11.4 Å². The fourth-order valence-electron chi connectivity index (χ4n) is 3.31. The molecule has 2 heterocycles. The van der Waals surface area contributed by atoms with Gasteiger partial charge in [0, 0.05) is 43.8 Å². The van der Waals surface area contributed by atoms with Gasteiger partial charge in [0.2, 0.25) is 5.43 Å². The number of rotatable bonds is 3. The Morgan fingerprint density at radius 1 is 1.19 bits per heavy atom. The van der Waals surface area contributed by atoms with Gasteiger partial charge >= 0.3 is 5.97 Å². The molecule has 2 fully saturated rings. The first-order valence-electron chi connectivity index (χ1n) is 8.13. The molecule has 1 saturated heterocycles. The van der Waals surface area contributed by atoms with Gasteiger partial charge in [-0.2, -0.15) is 0 Å². The molecular weight excluding hydrogens is 345 g/mol. The van der Waals surface area contributed by atoms with E-state index in [1.165, 1.54) is 12.3 Å². The van der Waals surface area contributed by atoms with Crippen LogP contribution in [0.25, 0.3) is 10.9 Å². The maximum atomic E-state index is 14.6. The van der Waals surface area contributed by atoms with Gasteiger partial charge in [-0.1, -0.05) is 0 Å². The molecule has 6 N–H and O–H groups in total. The third kappa shape index (κ3) is 3.28. The average Bonchev–Trinajstić information content (AvgIpc) is 3.40. The van der Waals surface area contributed by atoms with E-state index >= 15 is 0 Å². The predicted octanol–water partition coefficient (Wildman–Crippen LogP) is -0.0661. The van der Waals surface area contributed by atoms with E-state index in [1.54, 1.807) is 6.07 Å². The molecule has 1 aliphatic heterocycles. The number of carboxylic acids is 1. The Morgan fingerprint density at radius 2 is 1.85 bits per heavy atom. The quantitative estimate of drug-likeness (QED) is 0.782. The van der Waals surface area contributed by atoms with Crippen molar-refractivity contribution in [2.75, 3.05) is 31.1 Å². The molecule has 1 saturated carbocycles. The number of hydrogen-bond acceptors (Lipinski definition) is 4. The van der Waals surface area contributed by atoms with Crippen LogP contribution in [0.2, 0.25) is 0 Å². The minimum Gasteiger partial charge on any atom is -0.477 e. The number of pyridine rings is 1. The highest BCUT2D eigenvalue weighted by Crippen LogP contribution is 2.38. The third-order valence-corrected chi connectivity index (χ3v) is 4.73. The van der Waals surface area contributed by atoms with Gasteiger partial charge < -0.3 is 30.8 Å². The molecule has 142 valence electrons. The first-order chi connectivity index (χ1) is 11.6. The van der Waals surface area contributed by atoms with E-state index in [-0.39, 0.29) is 27.9 Å². The van der Waals surface area contributed by atoms with Crippen LogP contribution < -0.4 is 15.6 Å². The number of hydrogen-bond donors (Lipinski definition) is 2. The van der Waals surface area contributed by atoms with Crippen LogP contribution in [-0.4, -0.2) is 52.8 Å². The molecule has 0 spiro atoms. The molecule has 0 radical (unpaired) electrons. The highest BCUT2D eigenvalue weighted by Gasteiger charge is 2.28. The molecule has 0 bridgehead atoms. The van der Waals surface area contributed by atoms with Crippen LogP contribution in [0.5, 0.6) is 0 Å². The Morgan fingerprint density at radius 3 is 2.42 bits per heavy atom. The van der Waals surface area contributed by atoms with Gasteiger partial charge in [0.25, 0.3) is 0 Å². The van der Waals surface area contributed by atoms with Crippen LogP contribution >= 0.6 is 0 Å². The van der Waals surface area contributed by atoms with Crippen LogP contribution in [-0.2, 0) is 0 Å². The van der Waals surface area contributed by atoms with Crippen LogP contribution in [0.1, 0.15) is 29.2 Å². The fourth-order valence-corrected chi connectivity index (χ4v) is 3.31. The van der Waals surface area contributed by atoms with Crippen molar-refractivity contribution < 1.29 is 25.2 Å². The van der Waals surface area contributed by atoms with Gasteiger partial charge in [-0.05, 0) is 25.0 Å². The molecule has 0 unspecified atom stereocenters. The Kier molecular flexibility index (Phi) is 5.65. The van der Waals surface area contributed by atoms with E-state index in [0.717, 1.165) is 25.9 Å². The Bertz CT molecular complexity index is 888. The zero-order valence-corrected chi connectivity index (χ0v) is 14.1. The lowest BCUT2D eigenvalue weighted by Gasteiger charge is -2.30. The van der Waals surface area contributed by atoms with Crippen LogP contribution in [0, 0.1) is 5.82 Å². The number of piperazine rings is 1. The number of carboxylic acid groups (broad SMARTS) is 1. The Hall–Kier alpha value is -2.49. The highest BCUT2D eigenvalue weighted by atomic mass is 19.1. The summed E-state index contributed by atoms with van der Waals surface area (Å²) in [5.41, 5.74) is 0.159. The molecule has 1 aromatic carbocycles. The molecular formula is C17H22FN3O5. The fraction of sp³-hybridized carbons (Fsp3) is 0.412. The van der Waals surface area contributed by atoms with Gasteiger partial charge in [-0.15, -0.1) is 0 Å². The summed E-state index contributed by atoms with van der Waals surface area (Å²) < 4.78 is 16.4. The van der Waals surface area contributed by atoms with E-state index in [0.29, 0.717) is 24.3 Å². The van der Waals surface area contributed by atoms with Crippen molar-refractivity contribution >= 4 is 22.6 Å². The topological polar surface area (TPSA) is 138 Å². The number of aromatic nitrogens is 1. The van der Waals surface area contributed by atoms with E-state index in [4.69, 9.17) is 0 Å². The number of nitrogens with one attached hydrogen (secondary N) is 1. The maximum absolute atomic E-state index is 14.6. The summed E-state index contributed by atoms with van der Waals surface area (Å²) in [6.45, 7) is 2.96. The number of anilines is 1. The van der Waals surface area contributed by atoms with Gasteiger partial charge in [-0.3, -0.25) is 4.79 Å². The summed E-state index contributed by atoms with van der Waals surface area (Å²) in [5, 5.41) is 12.6. The first-order valence-corrected chi connectivity index (χ1v) is 8.13. The number of fused-ring (bicyclic) bond motifs is 1. The first kappa shape index (κ1) is 19.8. The number of nitrogens with zero attached hydrogens (tertiary/aromatic N) is 2. The Labute approximate surface area is 148 Å². The van der Waals surface area contributed by atoms with Gasteiger partial charge in [-0.25, -0.2) is 9.18 Å². The smallest absolute Gasteiger partial charge is 0.341 e. The second-order valence-electron chi connectivity index (χ2n) is 6.37. The predicted molar refractivity (Wildman–Crippen MR) is 95.7 cm³/mol. The molecule has 26 heavy (non-hydrogen) atoms. The normalized spacial score (nSPS) is 16.7. The van der Waals surface area contributed by atoms with E-state index in [9.17, 15) is 19.1 Å². The summed E-state index contributed by atoms with van der Waals surface area (Å²) in [6.07, 6.45) is 3.29. The van der Waals surface area contributed by atoms with E-state index in [2.05, 4.69) is 5.32 Å². The van der Waals surface area contributed by atoms with Crippen molar-refractivity contribution in [2.45, 2.75) is 18.9 Å². The monoisotopic (exact) mass is 367 g/mol. The minimum atomic E-state index is -1.28. The molecule has 2 aromatic rings. The largest absolute Gasteiger partial charge is 0.477 e. The third-order valence-electron chi connectivity index (χ3n) is 4.73. The van der Waals surface area contributed by atoms with Gasteiger partial charge in [0.05, 0.1) is 11.2 Å². The molecule has 4 rings (SSSR count). The van der Waals surface area contributed by atoms with Crippen molar-refractivity contribution in [3.8, 4) is 0 Å². The lowest BCUT2D eigenvalue weighted by atomic mass is 10.1. The summed E-state index contributed by atoms with van der Waals surface area (Å²) in [5.74, 6) is -1.76. The molecule has 0 atom stereocenters. The molecule has 0 amide bonds. The molecule has 8 nitrogen and oxygen atoms in total. The maximum Gasteiger partial charge on any atom is 0.341 e. The number of aromatic carboxylic acids is 1. The number of benzene rings is 1. The van der Waals surface area contributed by atoms with E-state index < -0.39 is 17.2 Å². The molecule has 2 aliphatic rings. The summed E-state index contributed by atoms with van der Waals surface area (Å²) >= 11 is 0. The standard InChI is InChI=1S/C17H18FN3O3.2H2O/c18-13-7-11-14(8-15(13)20-5-3-19-4-6-20)21(10-1-2-10)9-12(16(11)22)17(23)24;;/h7-10,19H,1-6H2,(H,23,24);2*1H2. The van der Waals surface area contributed by atoms with Crippen molar-refractivity contribution in [2.24, 2.45) is 0 Å². The second-order valence-corrected chi connectivity index (χ2v) is 6.37. The van der Waals surface area contributed by atoms with Crippen molar-refractivity contribution in [3.05, 3.63) is 39.9 Å². The average molecular weight is 367 g/mol. The number of halogens is 1. The van der Waals surface area contributed by atoms with Crippen molar-refractivity contribution in [3.63, 3.8) is 0 Å². The van der Waals surface area contributed by atoms with Crippen LogP contribution in [0.3, 0.4) is 0 Å². The van der Waals surface area contributed by atoms with Crippen molar-refractivity contribution in [1.82, 2.24) is 9.88 Å². The van der Waals surface area contributed by atoms with Crippen molar-refractivity contribution in [1.29, 1.82) is 0 Å². The van der Waals surface area contributed by atoms with E-state index in [1.807, 2.05) is 9.47 Å². The zero-order valence-electron chi connectivity index (χ0n) is 14.1.